The van der Waals surface area contributed by atoms with Gasteiger partial charge in [-0.3, -0.25) is 9.78 Å². The molecule has 0 aliphatic heterocycles. The predicted octanol–water partition coefficient (Wildman–Crippen LogP) is 3.94. The molecule has 1 aromatic heterocycles. The Balaban J connectivity index is 2.12. The number of aromatic nitrogens is 1. The van der Waals surface area contributed by atoms with E-state index in [0.717, 1.165) is 11.8 Å². The van der Waals surface area contributed by atoms with Crippen LogP contribution in [0.5, 0.6) is 0 Å². The molecule has 0 saturated heterocycles. The number of carbonyl (C=O) groups is 1. The van der Waals surface area contributed by atoms with E-state index in [9.17, 15) is 9.18 Å². The molecule has 0 aliphatic carbocycles. The Morgan fingerprint density at radius 1 is 1.15 bits per heavy atom. The lowest BCUT2D eigenvalue weighted by Gasteiger charge is -2.19. The summed E-state index contributed by atoms with van der Waals surface area (Å²) in [6, 6.07) is 9.19. The van der Waals surface area contributed by atoms with Crippen LogP contribution < -0.4 is 0 Å². The number of hydrogen-bond donors (Lipinski definition) is 0. The highest BCUT2D eigenvalue weighted by atomic mass is 19.1. The van der Waals surface area contributed by atoms with Crippen LogP contribution in [0.25, 0.3) is 0 Å². The van der Waals surface area contributed by atoms with Crippen LogP contribution in [0.3, 0.4) is 0 Å². The van der Waals surface area contributed by atoms with Crippen molar-refractivity contribution >= 4 is 5.78 Å². The molecule has 2 nitrogen and oxygen atoms in total. The summed E-state index contributed by atoms with van der Waals surface area (Å²) < 4.78 is 13.0. The first-order chi connectivity index (χ1) is 9.36. The molecule has 2 aromatic rings. The van der Waals surface area contributed by atoms with Gasteiger partial charge in [0.1, 0.15) is 5.82 Å². The highest BCUT2D eigenvalue weighted by Gasteiger charge is 2.14. The average Bonchev–Trinajstić information content (AvgIpc) is 2.38. The first-order valence-corrected chi connectivity index (χ1v) is 6.59. The van der Waals surface area contributed by atoms with Gasteiger partial charge in [-0.1, -0.05) is 45.0 Å². The summed E-state index contributed by atoms with van der Waals surface area (Å²) in [5.41, 5.74) is 2.55. The Labute approximate surface area is 118 Å². The normalized spacial score (nSPS) is 11.4. The van der Waals surface area contributed by atoms with Gasteiger partial charge in [0.25, 0.3) is 0 Å². The Morgan fingerprint density at radius 3 is 2.35 bits per heavy atom. The number of ketones is 1. The second-order valence-electron chi connectivity index (χ2n) is 5.94. The van der Waals surface area contributed by atoms with Crippen molar-refractivity contribution in [3.05, 3.63) is 65.2 Å². The molecule has 1 heterocycles. The summed E-state index contributed by atoms with van der Waals surface area (Å²) in [5, 5.41) is 0. The summed E-state index contributed by atoms with van der Waals surface area (Å²) in [5.74, 6) is -0.612. The van der Waals surface area contributed by atoms with Gasteiger partial charge in [-0.25, -0.2) is 4.39 Å². The van der Waals surface area contributed by atoms with Gasteiger partial charge in [0, 0.05) is 18.2 Å². The highest BCUT2D eigenvalue weighted by Crippen LogP contribution is 2.22. The number of hydrogen-bond acceptors (Lipinski definition) is 2. The van der Waals surface area contributed by atoms with E-state index < -0.39 is 5.82 Å². The largest absolute Gasteiger partial charge is 0.294 e. The number of carbonyl (C=O) groups excluding carboxylic acids is 1. The fraction of sp³-hybridized carbons (Fsp3) is 0.294. The van der Waals surface area contributed by atoms with Crippen LogP contribution in [-0.4, -0.2) is 10.8 Å². The average molecular weight is 271 g/mol. The Hall–Kier alpha value is -2.03. The smallest absolute Gasteiger partial charge is 0.168 e. The van der Waals surface area contributed by atoms with Crippen LogP contribution >= 0.6 is 0 Å². The molecule has 0 bridgehead atoms. The molecule has 3 heteroatoms. The molecule has 0 unspecified atom stereocenters. The van der Waals surface area contributed by atoms with Crippen molar-refractivity contribution in [2.24, 2.45) is 0 Å². The Kier molecular flexibility index (Phi) is 3.98. The molecule has 104 valence electrons. The minimum absolute atomic E-state index is 0.0923. The van der Waals surface area contributed by atoms with Gasteiger partial charge >= 0.3 is 0 Å². The zero-order valence-corrected chi connectivity index (χ0v) is 12.0. The highest BCUT2D eigenvalue weighted by molar-refractivity contribution is 5.97. The van der Waals surface area contributed by atoms with Crippen molar-refractivity contribution in [3.63, 3.8) is 0 Å². The maximum Gasteiger partial charge on any atom is 0.168 e. The topological polar surface area (TPSA) is 30.0 Å². The zero-order valence-electron chi connectivity index (χ0n) is 12.0. The number of benzene rings is 1. The quantitative estimate of drug-likeness (QED) is 0.791. The lowest BCUT2D eigenvalue weighted by molar-refractivity contribution is 0.0992. The third kappa shape index (κ3) is 3.50. The number of halogens is 1. The molecule has 0 atom stereocenters. The number of Topliss-reactive ketones (excluding diaryl/α,β-unsaturated/α-hetero) is 1. The summed E-state index contributed by atoms with van der Waals surface area (Å²) in [6.07, 6.45) is 2.75. The molecule has 0 radical (unpaired) electrons. The minimum atomic E-state index is -0.487. The van der Waals surface area contributed by atoms with Crippen LogP contribution in [0.15, 0.2) is 42.7 Å². The first-order valence-electron chi connectivity index (χ1n) is 6.59. The van der Waals surface area contributed by atoms with E-state index in [0.29, 0.717) is 5.56 Å². The molecule has 0 amide bonds. The number of pyridine rings is 1. The first kappa shape index (κ1) is 14.4. The van der Waals surface area contributed by atoms with Crippen molar-refractivity contribution in [3.8, 4) is 0 Å². The van der Waals surface area contributed by atoms with Gasteiger partial charge in [0.15, 0.2) is 5.78 Å². The third-order valence-corrected chi connectivity index (χ3v) is 3.21. The van der Waals surface area contributed by atoms with Gasteiger partial charge in [-0.05, 0) is 22.6 Å². The van der Waals surface area contributed by atoms with Crippen molar-refractivity contribution < 1.29 is 9.18 Å². The van der Waals surface area contributed by atoms with E-state index in [-0.39, 0.29) is 17.6 Å². The van der Waals surface area contributed by atoms with Crippen molar-refractivity contribution in [1.29, 1.82) is 0 Å². The zero-order chi connectivity index (χ0) is 14.8. The molecular formula is C17H18FNO. The molecule has 0 fully saturated rings. The molecule has 1 aromatic carbocycles. The monoisotopic (exact) mass is 271 g/mol. The van der Waals surface area contributed by atoms with Crippen LogP contribution in [0, 0.1) is 5.82 Å². The maximum atomic E-state index is 13.0. The molecule has 0 aliphatic rings. The van der Waals surface area contributed by atoms with E-state index in [4.69, 9.17) is 0 Å². The maximum absolute atomic E-state index is 13.0. The second kappa shape index (κ2) is 5.53. The van der Waals surface area contributed by atoms with Crippen LogP contribution in [0.2, 0.25) is 0 Å². The van der Waals surface area contributed by atoms with Crippen LogP contribution in [-0.2, 0) is 11.8 Å². The van der Waals surface area contributed by atoms with E-state index in [1.165, 1.54) is 17.8 Å². The number of nitrogens with zero attached hydrogens (tertiary/aromatic N) is 1. The molecular weight excluding hydrogens is 253 g/mol. The Morgan fingerprint density at radius 2 is 1.80 bits per heavy atom. The van der Waals surface area contributed by atoms with Crippen molar-refractivity contribution in [2.45, 2.75) is 32.6 Å². The van der Waals surface area contributed by atoms with Gasteiger partial charge in [0.2, 0.25) is 0 Å². The Bertz CT molecular complexity index is 612. The summed E-state index contributed by atoms with van der Waals surface area (Å²) in [4.78, 5) is 15.7. The van der Waals surface area contributed by atoms with E-state index in [1.54, 1.807) is 0 Å². The molecule has 20 heavy (non-hydrogen) atoms. The lowest BCUT2D eigenvalue weighted by atomic mass is 9.86. The van der Waals surface area contributed by atoms with E-state index in [1.807, 2.05) is 24.3 Å². The fourth-order valence-electron chi connectivity index (χ4n) is 1.97. The van der Waals surface area contributed by atoms with Gasteiger partial charge in [0.05, 0.1) is 6.20 Å². The summed E-state index contributed by atoms with van der Waals surface area (Å²) in [7, 11) is 0. The second-order valence-corrected chi connectivity index (χ2v) is 5.94. The number of rotatable bonds is 3. The van der Waals surface area contributed by atoms with Gasteiger partial charge in [-0.15, -0.1) is 0 Å². The minimum Gasteiger partial charge on any atom is -0.294 e. The molecule has 0 N–H and O–H groups in total. The summed E-state index contributed by atoms with van der Waals surface area (Å²) >= 11 is 0. The lowest BCUT2D eigenvalue weighted by Crippen LogP contribution is -2.11. The SMILES string of the molecule is CC(C)(C)c1ccc(CC(=O)c2cncc(F)c2)cc1. The third-order valence-electron chi connectivity index (χ3n) is 3.21. The van der Waals surface area contributed by atoms with Crippen LogP contribution in [0.1, 0.15) is 42.3 Å². The molecule has 2 rings (SSSR count). The van der Waals surface area contributed by atoms with Crippen molar-refractivity contribution in [1.82, 2.24) is 4.98 Å². The molecule has 0 spiro atoms. The molecule has 0 saturated carbocycles. The predicted molar refractivity (Wildman–Crippen MR) is 77.4 cm³/mol. The van der Waals surface area contributed by atoms with Gasteiger partial charge < -0.3 is 0 Å². The van der Waals surface area contributed by atoms with E-state index in [2.05, 4.69) is 25.8 Å². The van der Waals surface area contributed by atoms with E-state index >= 15 is 0 Å². The van der Waals surface area contributed by atoms with Gasteiger partial charge in [-0.2, -0.15) is 0 Å². The fourth-order valence-corrected chi connectivity index (χ4v) is 1.97. The summed E-state index contributed by atoms with van der Waals surface area (Å²) in [6.45, 7) is 6.43. The van der Waals surface area contributed by atoms with Crippen LogP contribution in [0.4, 0.5) is 4.39 Å². The standard InChI is InChI=1S/C17H18FNO/c1-17(2,3)14-6-4-12(5-7-14)8-16(20)13-9-15(18)11-19-10-13/h4-7,9-11H,8H2,1-3H3. The van der Waals surface area contributed by atoms with Crippen molar-refractivity contribution in [2.75, 3.05) is 0 Å².